The molecule has 614 valence electrons. The Morgan fingerprint density at radius 2 is 0.626 bits per heavy atom. The van der Waals surface area contributed by atoms with Crippen LogP contribution < -0.4 is 9.47 Å². The van der Waals surface area contributed by atoms with Crippen molar-refractivity contribution in [2.75, 3.05) is 14.2 Å². The van der Waals surface area contributed by atoms with Crippen molar-refractivity contribution in [1.82, 2.24) is 4.57 Å². The summed E-state index contributed by atoms with van der Waals surface area (Å²) in [5.74, 6) is 1.80. The standard InChI is InChI=1S/C21H15N.C21H26.C17H18.C16H16.C15H14O2.2C15H14/c1-2-7-16(8-3-1)22-13-12-19-20-14-15-6-4-5-9-17(15)18(20)10-11-21(19)22;1-20(2,3)16-9-7-14-11-15-8-10-17(21(4,5)6)13-19(15)18(14)12-16;1-10-5-12(3)14-9-15-13(4)6-11(2)8-17(15)16(14)7-10;1-16(2)14-9-5-3-7-12(14)11-13-8-4-6-10-15(13)16;1-16-12-5-3-10-7-11-4-6-13(17-2)9-15(11)14(10)8-12;1-10-3-5-12-9-13-6-4-11(2)8-15(13)14(12)7-10;1-10-5-3-7-12-13-8-4-6-11(2)15(13)9-14(10)12/h1-13H,14H2;7-10,12-13H,11H2,1-6H3;5-8H,9H2,1-4H3;3-10H,11H2,1-2H3;3-6,8-9H,7H2,1-2H3;2*3-8H,9H2,1-2H3. The van der Waals surface area contributed by atoms with Crippen molar-refractivity contribution in [3.05, 3.63) is 442 Å². The normalized spacial score (nSPS) is 13.1. The van der Waals surface area contributed by atoms with E-state index in [-0.39, 0.29) is 16.2 Å². The van der Waals surface area contributed by atoms with Gasteiger partial charge in [0.05, 0.1) is 19.7 Å². The third-order valence-corrected chi connectivity index (χ3v) is 26.9. The number of hydrogen-bond donors (Lipinski definition) is 0. The maximum atomic E-state index is 5.28. The molecule has 0 aliphatic heterocycles. The highest BCUT2D eigenvalue weighted by molar-refractivity contribution is 5.95. The number of aromatic nitrogens is 1. The molecule has 123 heavy (non-hydrogen) atoms. The molecule has 0 saturated heterocycles. The van der Waals surface area contributed by atoms with Crippen LogP contribution in [-0.4, -0.2) is 18.8 Å². The molecule has 0 unspecified atom stereocenters. The predicted octanol–water partition coefficient (Wildman–Crippen LogP) is 30.5. The molecule has 3 nitrogen and oxygen atoms in total. The number of aryl methyl sites for hydroxylation is 8. The van der Waals surface area contributed by atoms with Gasteiger partial charge in [-0.1, -0.05) is 320 Å². The number of para-hydroxylation sites is 1. The Balaban J connectivity index is 0.000000102. The predicted molar refractivity (Wildman–Crippen MR) is 521 cm³/mol. The number of hydrogen-bond acceptors (Lipinski definition) is 2. The van der Waals surface area contributed by atoms with Crippen LogP contribution in [0.1, 0.15) is 200 Å². The minimum Gasteiger partial charge on any atom is -0.497 e. The molecule has 1 aromatic heterocycles. The molecule has 0 N–H and O–H groups in total. The zero-order valence-electron chi connectivity index (χ0n) is 75.5. The van der Waals surface area contributed by atoms with E-state index in [1.807, 2.05) is 12.1 Å². The number of fused-ring (bicyclic) bond motifs is 22. The molecule has 23 rings (SSSR count). The van der Waals surface area contributed by atoms with Gasteiger partial charge in [-0.25, -0.2) is 0 Å². The van der Waals surface area contributed by atoms with E-state index in [1.54, 1.807) is 14.2 Å². The molecule has 0 fully saturated rings. The smallest absolute Gasteiger partial charge is 0.119 e. The van der Waals surface area contributed by atoms with E-state index < -0.39 is 0 Å². The lowest BCUT2D eigenvalue weighted by atomic mass is 9.69. The van der Waals surface area contributed by atoms with Gasteiger partial charge < -0.3 is 14.0 Å². The fourth-order valence-electron chi connectivity index (χ4n) is 20.1. The van der Waals surface area contributed by atoms with Crippen LogP contribution in [-0.2, 0) is 61.2 Å². The van der Waals surface area contributed by atoms with Crippen LogP contribution in [0.5, 0.6) is 11.5 Å². The Kier molecular flexibility index (Phi) is 22.7. The van der Waals surface area contributed by atoms with E-state index >= 15 is 0 Å². The van der Waals surface area contributed by atoms with E-state index in [0.29, 0.717) is 0 Å². The second-order valence-corrected chi connectivity index (χ2v) is 37.9. The monoisotopic (exact) mass is 1600 g/mol. The molecule has 7 aliphatic carbocycles. The van der Waals surface area contributed by atoms with Crippen LogP contribution in [0.3, 0.4) is 0 Å². The van der Waals surface area contributed by atoms with Gasteiger partial charge in [-0.2, -0.15) is 0 Å². The Morgan fingerprint density at radius 3 is 1.09 bits per heavy atom. The Hall–Kier alpha value is -12.6. The average Bonchev–Trinajstić information content (AvgIpc) is 0.873. The summed E-state index contributed by atoms with van der Waals surface area (Å²) in [5.41, 5.74) is 57.5. The quantitative estimate of drug-likeness (QED) is 0.176. The molecule has 16 aromatic rings. The third-order valence-electron chi connectivity index (χ3n) is 26.9. The van der Waals surface area contributed by atoms with Crippen molar-refractivity contribution in [3.8, 4) is 83.9 Å². The van der Waals surface area contributed by atoms with Crippen LogP contribution in [0.4, 0.5) is 0 Å². The topological polar surface area (TPSA) is 23.4 Å². The molecular formula is C120H117NO2. The summed E-state index contributed by atoms with van der Waals surface area (Å²) in [7, 11) is 3.40. The van der Waals surface area contributed by atoms with Gasteiger partial charge in [-0.3, -0.25) is 0 Å². The highest BCUT2D eigenvalue weighted by atomic mass is 16.5. The Labute approximate surface area is 732 Å². The first kappa shape index (κ1) is 82.7. The summed E-state index contributed by atoms with van der Waals surface area (Å²) in [4.78, 5) is 0. The van der Waals surface area contributed by atoms with Crippen LogP contribution in [0.25, 0.3) is 83.4 Å². The van der Waals surface area contributed by atoms with Crippen molar-refractivity contribution < 1.29 is 9.47 Å². The summed E-state index contributed by atoms with van der Waals surface area (Å²) in [6, 6.07) is 106. The number of rotatable bonds is 3. The number of nitrogens with zero attached hydrogens (tertiary/aromatic N) is 1. The van der Waals surface area contributed by atoms with E-state index in [0.717, 1.165) is 56.4 Å². The van der Waals surface area contributed by atoms with Gasteiger partial charge in [0.1, 0.15) is 11.5 Å². The summed E-state index contributed by atoms with van der Waals surface area (Å²) >= 11 is 0. The first-order chi connectivity index (χ1) is 59.1. The molecule has 15 aromatic carbocycles. The second kappa shape index (κ2) is 33.7. The first-order valence-electron chi connectivity index (χ1n) is 44.3. The van der Waals surface area contributed by atoms with E-state index in [4.69, 9.17) is 9.47 Å². The number of ether oxygens (including phenoxy) is 2. The molecular weight excluding hydrogens is 1490 g/mol. The highest BCUT2D eigenvalue weighted by Gasteiger charge is 2.33. The van der Waals surface area contributed by atoms with Gasteiger partial charge in [0, 0.05) is 22.7 Å². The number of methoxy groups -OCH3 is 2. The van der Waals surface area contributed by atoms with Crippen molar-refractivity contribution in [1.29, 1.82) is 0 Å². The molecule has 0 bridgehead atoms. The minimum absolute atomic E-state index is 0.144. The molecule has 0 spiro atoms. The fraction of sp³-hybridized carbons (Fsp3) is 0.233. The van der Waals surface area contributed by atoms with Gasteiger partial charge >= 0.3 is 0 Å². The molecule has 1 heterocycles. The van der Waals surface area contributed by atoms with Crippen LogP contribution in [0, 0.1) is 55.4 Å². The molecule has 7 aliphatic rings. The molecule has 3 heteroatoms. The Bertz CT molecular complexity index is 6440. The van der Waals surface area contributed by atoms with Crippen molar-refractivity contribution >= 4 is 10.9 Å². The summed E-state index contributed by atoms with van der Waals surface area (Å²) in [5, 5.41) is 1.37. The van der Waals surface area contributed by atoms with E-state index in [2.05, 4.69) is 401 Å². The van der Waals surface area contributed by atoms with E-state index in [1.165, 1.54) is 228 Å². The van der Waals surface area contributed by atoms with E-state index in [9.17, 15) is 0 Å². The summed E-state index contributed by atoms with van der Waals surface area (Å²) < 4.78 is 12.8. The van der Waals surface area contributed by atoms with Gasteiger partial charge in [-0.15, -0.1) is 0 Å². The fourth-order valence-corrected chi connectivity index (χ4v) is 20.1. The lowest BCUT2D eigenvalue weighted by Gasteiger charge is -2.35. The van der Waals surface area contributed by atoms with Crippen LogP contribution >= 0.6 is 0 Å². The van der Waals surface area contributed by atoms with Crippen LogP contribution in [0.2, 0.25) is 0 Å². The maximum absolute atomic E-state index is 5.28. The second-order valence-electron chi connectivity index (χ2n) is 37.9. The zero-order valence-corrected chi connectivity index (χ0v) is 75.5. The first-order valence-corrected chi connectivity index (χ1v) is 44.3. The SMILES string of the molecule is CC(C)(C)c1ccc2c(c1)-c1cc(C(C)(C)C)ccc1C2.CC1(C)c2ccccc2Cc2ccccc21.COc1ccc2c(c1)-c1cc(OC)ccc1C2.Cc1cc(C)c2c(c1)-c1cc(C)cc(C)c1C2.Cc1ccc2c(c1)-c1cc(C)ccc1C2.Cc1cccc2c1Cc1c(C)cccc1-2.c1ccc(-n2ccc3c4c(ccc32)-c2ccccc2C4)cc1. The number of benzene rings is 15. The molecule has 0 saturated carbocycles. The van der Waals surface area contributed by atoms with Crippen molar-refractivity contribution in [3.63, 3.8) is 0 Å². The van der Waals surface area contributed by atoms with Gasteiger partial charge in [0.15, 0.2) is 0 Å². The third kappa shape index (κ3) is 16.5. The summed E-state index contributed by atoms with van der Waals surface area (Å²) in [6.45, 7) is 36.0. The maximum Gasteiger partial charge on any atom is 0.119 e. The van der Waals surface area contributed by atoms with Gasteiger partial charge in [0.25, 0.3) is 0 Å². The lowest BCUT2D eigenvalue weighted by Crippen LogP contribution is -2.26. The zero-order chi connectivity index (χ0) is 85.9. The molecule has 0 atom stereocenters. The van der Waals surface area contributed by atoms with Gasteiger partial charge in [-0.05, 0) is 349 Å². The van der Waals surface area contributed by atoms with Crippen molar-refractivity contribution in [2.24, 2.45) is 0 Å². The average molecular weight is 1610 g/mol. The highest BCUT2D eigenvalue weighted by Crippen LogP contribution is 2.48. The van der Waals surface area contributed by atoms with Gasteiger partial charge in [0.2, 0.25) is 0 Å². The molecule has 0 amide bonds. The van der Waals surface area contributed by atoms with Crippen LogP contribution in [0.15, 0.2) is 297 Å². The summed E-state index contributed by atoms with van der Waals surface area (Å²) in [6.07, 6.45) is 9.72. The molecule has 0 radical (unpaired) electrons. The Morgan fingerprint density at radius 1 is 0.260 bits per heavy atom. The minimum atomic E-state index is 0.144. The van der Waals surface area contributed by atoms with Crippen molar-refractivity contribution in [2.45, 2.75) is 172 Å². The lowest BCUT2D eigenvalue weighted by molar-refractivity contribution is 0.414. The largest absolute Gasteiger partial charge is 0.497 e.